The summed E-state index contributed by atoms with van der Waals surface area (Å²) in [5, 5.41) is 10.3. The molecule has 7 rings (SSSR count). The van der Waals surface area contributed by atoms with E-state index in [2.05, 4.69) is 22.3 Å². The molecule has 3 aromatic rings. The molecule has 0 bridgehead atoms. The molecule has 2 aromatic heterocycles. The summed E-state index contributed by atoms with van der Waals surface area (Å²) in [5.74, 6) is -2.14. The van der Waals surface area contributed by atoms with E-state index in [1.807, 2.05) is 62.5 Å². The normalized spacial score (nSPS) is 24.0. The molecule has 3 saturated carbocycles. The second kappa shape index (κ2) is 17.8. The molecule has 0 spiro atoms. The van der Waals surface area contributed by atoms with E-state index < -0.39 is 72.2 Å². The monoisotopic (exact) mass is 878 g/mol. The summed E-state index contributed by atoms with van der Waals surface area (Å²) in [7, 11) is -4.15. The van der Waals surface area contributed by atoms with Gasteiger partial charge in [0.15, 0.2) is 0 Å². The molecule has 330 valence electrons. The van der Waals surface area contributed by atoms with Crippen molar-refractivity contribution in [3.8, 4) is 16.5 Å². The van der Waals surface area contributed by atoms with Crippen LogP contribution in [0.5, 0.6) is 5.88 Å². The lowest BCUT2D eigenvalue weighted by Gasteiger charge is -2.36. The Balaban J connectivity index is 1.18. The minimum absolute atomic E-state index is 0.0177. The van der Waals surface area contributed by atoms with Gasteiger partial charge in [-0.2, -0.15) is 0 Å². The van der Waals surface area contributed by atoms with Crippen molar-refractivity contribution < 1.29 is 42.3 Å². The molecule has 3 aliphatic carbocycles. The summed E-state index contributed by atoms with van der Waals surface area (Å²) < 4.78 is 38.7. The first-order valence-electron chi connectivity index (χ1n) is 21.4. The highest BCUT2D eigenvalue weighted by Gasteiger charge is 2.62. The van der Waals surface area contributed by atoms with Crippen molar-refractivity contribution in [1.29, 1.82) is 0 Å². The molecule has 3 heterocycles. The van der Waals surface area contributed by atoms with Crippen LogP contribution in [-0.4, -0.2) is 86.8 Å². The average Bonchev–Trinajstić information content (AvgIpc) is 3.85. The number of hydrogen-bond donors (Lipinski definition) is 3. The number of hydrogen-bond acceptors (Lipinski definition) is 12. The van der Waals surface area contributed by atoms with E-state index in [0.717, 1.165) is 30.6 Å². The number of benzene rings is 1. The van der Waals surface area contributed by atoms with Gasteiger partial charge < -0.3 is 25.0 Å². The van der Waals surface area contributed by atoms with E-state index in [0.29, 0.717) is 42.4 Å². The molecule has 5 atom stereocenters. The highest BCUT2D eigenvalue weighted by Crippen LogP contribution is 2.53. The number of carbonyl (C=O) groups excluding carboxylic acids is 4. The largest absolute Gasteiger partial charge is 0.471 e. The molecular weight excluding hydrogens is 820 g/mol. The number of ether oxygens (including phenoxy) is 2. The fourth-order valence-corrected chi connectivity index (χ4v) is 10.9. The summed E-state index contributed by atoms with van der Waals surface area (Å²) in [5.41, 5.74) is -1.39. The third-order valence-electron chi connectivity index (χ3n) is 11.7. The molecule has 4 aliphatic rings. The summed E-state index contributed by atoms with van der Waals surface area (Å²) >= 11 is 1.48. The second-order valence-electron chi connectivity index (χ2n) is 18.7. The first kappa shape index (κ1) is 44.7. The molecule has 4 amide bonds. The highest BCUT2D eigenvalue weighted by molar-refractivity contribution is 7.52. The molecular formula is C44H59N6O9PS. The number of aromatic nitrogens is 2. The summed E-state index contributed by atoms with van der Waals surface area (Å²) in [4.78, 5) is 69.1. The van der Waals surface area contributed by atoms with E-state index in [1.54, 1.807) is 26.8 Å². The third kappa shape index (κ3) is 10.5. The van der Waals surface area contributed by atoms with Crippen LogP contribution in [0.25, 0.3) is 21.6 Å². The van der Waals surface area contributed by atoms with Crippen LogP contribution in [0.2, 0.25) is 0 Å². The van der Waals surface area contributed by atoms with Gasteiger partial charge in [0.25, 0.3) is 5.91 Å². The van der Waals surface area contributed by atoms with Crippen LogP contribution in [0.3, 0.4) is 0 Å². The van der Waals surface area contributed by atoms with Crippen molar-refractivity contribution >= 4 is 53.9 Å². The Kier molecular flexibility index (Phi) is 13.0. The van der Waals surface area contributed by atoms with Crippen molar-refractivity contribution in [1.82, 2.24) is 30.6 Å². The maximum absolute atomic E-state index is 14.8. The smallest absolute Gasteiger partial charge is 0.435 e. The lowest BCUT2D eigenvalue weighted by molar-refractivity contribution is -0.143. The SMILES string of the molecule is C=CC1C[C@]1(NC(=O)[C@@H]1C[C@@H](Oc2nc3ccccc3nc2-c2cccs2)CN1C(=O)[C@@H](NC(=O)OC(C)(C)C)C(C)(C)C)C(=O)NP(=O)(OC1CCCC1)OC1CCCC1. The van der Waals surface area contributed by atoms with E-state index in [4.69, 9.17) is 28.5 Å². The fraction of sp³-hybridized carbons (Fsp3) is 0.591. The van der Waals surface area contributed by atoms with Gasteiger partial charge in [-0.3, -0.25) is 28.5 Å². The van der Waals surface area contributed by atoms with Crippen LogP contribution in [0.1, 0.15) is 106 Å². The number of nitrogens with one attached hydrogen (secondary N) is 3. The minimum atomic E-state index is -4.15. The number of amides is 4. The number of rotatable bonds is 14. The lowest BCUT2D eigenvalue weighted by atomic mass is 9.85. The first-order chi connectivity index (χ1) is 28.9. The summed E-state index contributed by atoms with van der Waals surface area (Å²) in [6.07, 6.45) is 6.12. The molecule has 4 fully saturated rings. The molecule has 17 heteroatoms. The predicted octanol–water partition coefficient (Wildman–Crippen LogP) is 7.85. The Morgan fingerprint density at radius 2 is 1.54 bits per heavy atom. The Hall–Kier alpha value is -4.37. The molecule has 61 heavy (non-hydrogen) atoms. The Morgan fingerprint density at radius 1 is 0.918 bits per heavy atom. The molecule has 1 aliphatic heterocycles. The maximum atomic E-state index is 14.8. The number of carbonyl (C=O) groups is 4. The third-order valence-corrected chi connectivity index (χ3v) is 14.2. The topological polar surface area (TPSA) is 187 Å². The van der Waals surface area contributed by atoms with Gasteiger partial charge in [0.1, 0.15) is 35.0 Å². The van der Waals surface area contributed by atoms with Crippen molar-refractivity contribution in [3.05, 3.63) is 54.4 Å². The van der Waals surface area contributed by atoms with E-state index in [1.165, 1.54) is 16.2 Å². The van der Waals surface area contributed by atoms with Gasteiger partial charge in [-0.25, -0.2) is 19.3 Å². The van der Waals surface area contributed by atoms with Crippen LogP contribution in [0, 0.1) is 11.3 Å². The molecule has 1 saturated heterocycles. The van der Waals surface area contributed by atoms with Gasteiger partial charge >= 0.3 is 13.8 Å². The van der Waals surface area contributed by atoms with Gasteiger partial charge in [0.2, 0.25) is 17.7 Å². The zero-order valence-corrected chi connectivity index (χ0v) is 37.7. The number of nitrogens with zero attached hydrogens (tertiary/aromatic N) is 3. The summed E-state index contributed by atoms with van der Waals surface area (Å²) in [6.45, 7) is 14.5. The Labute approximate surface area is 361 Å². The average molecular weight is 879 g/mol. The zero-order chi connectivity index (χ0) is 43.7. The molecule has 1 unspecified atom stereocenters. The van der Waals surface area contributed by atoms with Crippen molar-refractivity contribution in [2.75, 3.05) is 6.54 Å². The van der Waals surface area contributed by atoms with E-state index in [9.17, 15) is 23.7 Å². The highest BCUT2D eigenvalue weighted by atomic mass is 32.1. The Bertz CT molecular complexity index is 2140. The van der Waals surface area contributed by atoms with Crippen LogP contribution in [-0.2, 0) is 32.7 Å². The standard InChI is InChI=1S/C44H59N6O9PS/c1-8-27-25-44(27,40(53)49-60(55,58-28-16-9-10-17-28)59-29-18-11-12-19-29)48-37(51)33-24-30(26-50(33)39(52)36(42(2,3)4)47-41(54)57-43(5,6)7)56-38-35(34-22-15-23-61-34)45-31-20-13-14-21-32(31)46-38/h8,13-15,20-23,27-30,33,36H,1,9-12,16-19,24-26H2,2-7H3,(H,47,54)(H,48,51)(H,49,53,55)/t27?,30-,33+,36-,44-/m1/s1. The van der Waals surface area contributed by atoms with E-state index in [-0.39, 0.29) is 37.5 Å². The van der Waals surface area contributed by atoms with Crippen LogP contribution < -0.4 is 20.5 Å². The predicted molar refractivity (Wildman–Crippen MR) is 232 cm³/mol. The van der Waals surface area contributed by atoms with Crippen molar-refractivity contribution in [2.24, 2.45) is 11.3 Å². The lowest BCUT2D eigenvalue weighted by Crippen LogP contribution is -2.60. The van der Waals surface area contributed by atoms with Crippen molar-refractivity contribution in [2.45, 2.75) is 147 Å². The quantitative estimate of drug-likeness (QED) is 0.106. The first-order valence-corrected chi connectivity index (χ1v) is 23.8. The van der Waals surface area contributed by atoms with Gasteiger partial charge in [0.05, 0.1) is 34.7 Å². The zero-order valence-electron chi connectivity index (χ0n) is 35.9. The van der Waals surface area contributed by atoms with Crippen LogP contribution in [0.15, 0.2) is 54.4 Å². The van der Waals surface area contributed by atoms with Crippen LogP contribution >= 0.6 is 19.1 Å². The van der Waals surface area contributed by atoms with Gasteiger partial charge in [-0.1, -0.05) is 70.7 Å². The fourth-order valence-electron chi connectivity index (χ4n) is 8.43. The molecule has 3 N–H and O–H groups in total. The number of thiophene rings is 1. The number of alkyl carbamates (subject to hydrolysis) is 1. The number of para-hydroxylation sites is 2. The van der Waals surface area contributed by atoms with Gasteiger partial charge in [-0.05, 0) is 81.9 Å². The van der Waals surface area contributed by atoms with Gasteiger partial charge in [-0.15, -0.1) is 17.9 Å². The molecule has 1 aromatic carbocycles. The number of likely N-dealkylation sites (tertiary alicyclic amines) is 1. The van der Waals surface area contributed by atoms with Gasteiger partial charge in [0, 0.05) is 12.3 Å². The van der Waals surface area contributed by atoms with Crippen LogP contribution in [0.4, 0.5) is 4.79 Å². The Morgan fingerprint density at radius 3 is 2.08 bits per heavy atom. The maximum Gasteiger partial charge on any atom is 0.435 e. The summed E-state index contributed by atoms with van der Waals surface area (Å²) in [6, 6.07) is 8.97. The van der Waals surface area contributed by atoms with Crippen molar-refractivity contribution in [3.63, 3.8) is 0 Å². The molecule has 15 nitrogen and oxygen atoms in total. The minimum Gasteiger partial charge on any atom is -0.471 e. The van der Waals surface area contributed by atoms with E-state index >= 15 is 0 Å². The molecule has 0 radical (unpaired) electrons. The number of fused-ring (bicyclic) bond motifs is 1. The second-order valence-corrected chi connectivity index (χ2v) is 21.3.